The summed E-state index contributed by atoms with van der Waals surface area (Å²) in [5.74, 6) is 0.745. The van der Waals surface area contributed by atoms with Crippen LogP contribution in [0.25, 0.3) is 0 Å². The lowest BCUT2D eigenvalue weighted by molar-refractivity contribution is -0.108. The molecule has 0 spiro atoms. The van der Waals surface area contributed by atoms with Crippen molar-refractivity contribution < 1.29 is 4.84 Å². The quantitative estimate of drug-likeness (QED) is 0.474. The zero-order valence-electron chi connectivity index (χ0n) is 5.63. The molecule has 3 heteroatoms. The van der Waals surface area contributed by atoms with Gasteiger partial charge in [0.15, 0.2) is 0 Å². The van der Waals surface area contributed by atoms with E-state index in [4.69, 9.17) is 4.84 Å². The topological polar surface area (TPSA) is 24.5 Å². The second-order valence-corrected chi connectivity index (χ2v) is 2.83. The van der Waals surface area contributed by atoms with Gasteiger partial charge in [-0.3, -0.25) is 4.84 Å². The number of nitrogens with one attached hydrogen (secondary N) is 1. The van der Waals surface area contributed by atoms with Gasteiger partial charge in [-0.15, -0.1) is 0 Å². The molecule has 0 radical (unpaired) electrons. The fourth-order valence-electron chi connectivity index (χ4n) is 1.62. The Kier molecular flexibility index (Phi) is 1.22. The predicted molar refractivity (Wildman–Crippen MR) is 33.9 cm³/mol. The summed E-state index contributed by atoms with van der Waals surface area (Å²) in [6.07, 6.45) is 0. The standard InChI is InChI=1S/C6H12N2O/c1-8-6-3-7-2-5(6)4-9-8/h5-7H,2-4H2,1H3. The van der Waals surface area contributed by atoms with Crippen molar-refractivity contribution in [3.05, 3.63) is 0 Å². The van der Waals surface area contributed by atoms with Crippen LogP contribution in [0.5, 0.6) is 0 Å². The van der Waals surface area contributed by atoms with Crippen LogP contribution < -0.4 is 5.32 Å². The van der Waals surface area contributed by atoms with Gasteiger partial charge >= 0.3 is 0 Å². The van der Waals surface area contributed by atoms with Crippen LogP contribution in [0.1, 0.15) is 0 Å². The molecule has 9 heavy (non-hydrogen) atoms. The Bertz CT molecular complexity index is 118. The van der Waals surface area contributed by atoms with Crippen molar-refractivity contribution >= 4 is 0 Å². The zero-order valence-corrected chi connectivity index (χ0v) is 5.63. The van der Waals surface area contributed by atoms with Gasteiger partial charge < -0.3 is 5.32 Å². The van der Waals surface area contributed by atoms with E-state index in [1.807, 2.05) is 12.1 Å². The van der Waals surface area contributed by atoms with E-state index in [-0.39, 0.29) is 0 Å². The Morgan fingerprint density at radius 2 is 2.44 bits per heavy atom. The summed E-state index contributed by atoms with van der Waals surface area (Å²) in [5, 5.41) is 5.31. The third-order valence-corrected chi connectivity index (χ3v) is 2.26. The summed E-state index contributed by atoms with van der Waals surface area (Å²) >= 11 is 0. The van der Waals surface area contributed by atoms with E-state index in [2.05, 4.69) is 5.32 Å². The van der Waals surface area contributed by atoms with Crippen LogP contribution in [0, 0.1) is 5.92 Å². The van der Waals surface area contributed by atoms with Crippen molar-refractivity contribution in [1.29, 1.82) is 0 Å². The molecule has 2 saturated heterocycles. The number of fused-ring (bicyclic) bond motifs is 1. The van der Waals surface area contributed by atoms with Gasteiger partial charge in [0.2, 0.25) is 0 Å². The molecule has 2 aliphatic rings. The number of hydrogen-bond acceptors (Lipinski definition) is 3. The van der Waals surface area contributed by atoms with Crippen molar-refractivity contribution in [3.63, 3.8) is 0 Å². The van der Waals surface area contributed by atoms with Crippen molar-refractivity contribution in [1.82, 2.24) is 10.4 Å². The van der Waals surface area contributed by atoms with Gasteiger partial charge in [0.1, 0.15) is 0 Å². The highest BCUT2D eigenvalue weighted by Gasteiger charge is 2.36. The molecule has 2 fully saturated rings. The molecule has 0 bridgehead atoms. The van der Waals surface area contributed by atoms with Crippen molar-refractivity contribution in [2.24, 2.45) is 5.92 Å². The Morgan fingerprint density at radius 1 is 1.56 bits per heavy atom. The van der Waals surface area contributed by atoms with Crippen LogP contribution >= 0.6 is 0 Å². The Morgan fingerprint density at radius 3 is 3.22 bits per heavy atom. The van der Waals surface area contributed by atoms with Gasteiger partial charge in [-0.05, 0) is 0 Å². The van der Waals surface area contributed by atoms with Crippen LogP contribution in [0.4, 0.5) is 0 Å². The molecule has 2 heterocycles. The molecule has 3 nitrogen and oxygen atoms in total. The summed E-state index contributed by atoms with van der Waals surface area (Å²) in [4.78, 5) is 5.31. The number of hydroxylamine groups is 2. The van der Waals surface area contributed by atoms with E-state index in [1.165, 1.54) is 0 Å². The second kappa shape index (κ2) is 1.94. The third kappa shape index (κ3) is 0.764. The highest BCUT2D eigenvalue weighted by molar-refractivity contribution is 4.88. The van der Waals surface area contributed by atoms with Gasteiger partial charge in [0, 0.05) is 26.1 Å². The third-order valence-electron chi connectivity index (χ3n) is 2.26. The number of likely N-dealkylation sites (N-methyl/N-ethyl adjacent to an activating group) is 1. The van der Waals surface area contributed by atoms with E-state index < -0.39 is 0 Å². The van der Waals surface area contributed by atoms with Gasteiger partial charge in [-0.1, -0.05) is 0 Å². The minimum Gasteiger partial charge on any atom is -0.315 e. The minimum atomic E-state index is 0.644. The summed E-state index contributed by atoms with van der Waals surface area (Å²) in [5.41, 5.74) is 0. The first-order valence-corrected chi connectivity index (χ1v) is 3.44. The molecule has 0 aromatic heterocycles. The van der Waals surface area contributed by atoms with Gasteiger partial charge in [0.25, 0.3) is 0 Å². The van der Waals surface area contributed by atoms with Crippen molar-refractivity contribution in [2.45, 2.75) is 6.04 Å². The van der Waals surface area contributed by atoms with E-state index in [0.717, 1.165) is 25.6 Å². The monoisotopic (exact) mass is 128 g/mol. The SMILES string of the molecule is CN1OCC2CNCC21. The van der Waals surface area contributed by atoms with Gasteiger partial charge in [-0.25, -0.2) is 0 Å². The van der Waals surface area contributed by atoms with Crippen LogP contribution in [0.15, 0.2) is 0 Å². The first kappa shape index (κ1) is 5.65. The molecular weight excluding hydrogens is 116 g/mol. The fraction of sp³-hybridized carbons (Fsp3) is 1.00. The summed E-state index contributed by atoms with van der Waals surface area (Å²) in [7, 11) is 2.01. The first-order chi connectivity index (χ1) is 4.38. The molecule has 2 atom stereocenters. The van der Waals surface area contributed by atoms with Crippen molar-refractivity contribution in [3.8, 4) is 0 Å². The molecule has 2 aliphatic heterocycles. The molecule has 0 aromatic rings. The van der Waals surface area contributed by atoms with Crippen LogP contribution in [0.3, 0.4) is 0 Å². The van der Waals surface area contributed by atoms with Crippen LogP contribution in [-0.4, -0.2) is 37.8 Å². The highest BCUT2D eigenvalue weighted by atomic mass is 16.7. The lowest BCUT2D eigenvalue weighted by atomic mass is 10.1. The van der Waals surface area contributed by atoms with E-state index in [1.54, 1.807) is 0 Å². The highest BCUT2D eigenvalue weighted by Crippen LogP contribution is 2.21. The molecule has 1 N–H and O–H groups in total. The summed E-state index contributed by atoms with van der Waals surface area (Å²) < 4.78 is 0. The molecule has 52 valence electrons. The molecular formula is C6H12N2O. The van der Waals surface area contributed by atoms with Crippen molar-refractivity contribution in [2.75, 3.05) is 26.7 Å². The fourth-order valence-corrected chi connectivity index (χ4v) is 1.62. The van der Waals surface area contributed by atoms with Crippen LogP contribution in [0.2, 0.25) is 0 Å². The van der Waals surface area contributed by atoms with Crippen LogP contribution in [-0.2, 0) is 4.84 Å². The van der Waals surface area contributed by atoms with E-state index in [0.29, 0.717) is 6.04 Å². The largest absolute Gasteiger partial charge is 0.315 e. The average molecular weight is 128 g/mol. The molecule has 2 rings (SSSR count). The minimum absolute atomic E-state index is 0.644. The Hall–Kier alpha value is -0.120. The van der Waals surface area contributed by atoms with Gasteiger partial charge in [-0.2, -0.15) is 5.06 Å². The maximum Gasteiger partial charge on any atom is 0.0741 e. The number of hydrogen-bond donors (Lipinski definition) is 1. The van der Waals surface area contributed by atoms with E-state index >= 15 is 0 Å². The smallest absolute Gasteiger partial charge is 0.0741 e. The molecule has 2 unspecified atom stereocenters. The second-order valence-electron chi connectivity index (χ2n) is 2.83. The Labute approximate surface area is 54.9 Å². The molecule has 0 aliphatic carbocycles. The predicted octanol–water partition coefficient (Wildman–Crippen LogP) is -0.549. The summed E-state index contributed by atoms with van der Waals surface area (Å²) in [6.45, 7) is 3.14. The maximum atomic E-state index is 5.31. The normalized spacial score (nSPS) is 43.7. The average Bonchev–Trinajstić information content (AvgIpc) is 2.35. The molecule has 0 amide bonds. The zero-order chi connectivity index (χ0) is 6.27. The molecule has 0 aromatic carbocycles. The number of rotatable bonds is 0. The lowest BCUT2D eigenvalue weighted by Gasteiger charge is -2.13. The summed E-state index contributed by atoms with van der Waals surface area (Å²) in [6, 6.07) is 0.644. The first-order valence-electron chi connectivity index (χ1n) is 3.44. The van der Waals surface area contributed by atoms with Gasteiger partial charge in [0.05, 0.1) is 12.6 Å². The lowest BCUT2D eigenvalue weighted by Crippen LogP contribution is -2.29. The number of nitrogens with zero attached hydrogens (tertiary/aromatic N) is 1. The van der Waals surface area contributed by atoms with E-state index in [9.17, 15) is 0 Å². The Balaban J connectivity index is 2.07. The molecule has 0 saturated carbocycles. The maximum absolute atomic E-state index is 5.31.